The summed E-state index contributed by atoms with van der Waals surface area (Å²) in [6, 6.07) is 12.1. The lowest BCUT2D eigenvalue weighted by molar-refractivity contribution is -0.140. The summed E-state index contributed by atoms with van der Waals surface area (Å²) in [7, 11) is 1.67. The average molecular weight is 393 g/mol. The lowest BCUT2D eigenvalue weighted by Gasteiger charge is -2.29. The van der Waals surface area contributed by atoms with Crippen molar-refractivity contribution in [2.45, 2.75) is 31.8 Å². The van der Waals surface area contributed by atoms with Crippen LogP contribution in [0.25, 0.3) is 11.1 Å². The topological polar surface area (TPSA) is 71.5 Å². The van der Waals surface area contributed by atoms with Gasteiger partial charge in [0, 0.05) is 44.7 Å². The molecule has 2 aromatic rings. The fourth-order valence-electron chi connectivity index (χ4n) is 4.55. The van der Waals surface area contributed by atoms with Crippen LogP contribution in [-0.2, 0) is 20.7 Å². The van der Waals surface area contributed by atoms with Crippen LogP contribution in [0.3, 0.4) is 0 Å². The number of benzene rings is 1. The van der Waals surface area contributed by atoms with Gasteiger partial charge in [-0.05, 0) is 42.9 Å². The summed E-state index contributed by atoms with van der Waals surface area (Å²) in [5.41, 5.74) is 2.56. The highest BCUT2D eigenvalue weighted by atomic mass is 16.5. The minimum atomic E-state index is -0.638. The number of hydrogen-bond donors (Lipinski definition) is 1. The Morgan fingerprint density at radius 3 is 2.86 bits per heavy atom. The van der Waals surface area contributed by atoms with Crippen molar-refractivity contribution in [2.75, 3.05) is 26.7 Å². The Morgan fingerprint density at radius 2 is 2.14 bits per heavy atom. The Balaban J connectivity index is 1.61. The number of rotatable bonds is 5. The largest absolute Gasteiger partial charge is 0.368 e. The molecule has 152 valence electrons. The lowest BCUT2D eigenvalue weighted by atomic mass is 9.78. The van der Waals surface area contributed by atoms with Gasteiger partial charge in [-0.15, -0.1) is 0 Å². The molecule has 0 unspecified atom stereocenters. The SMILES string of the molecule is CNC(=O)[C@@]1(Cc2ccccc2-c2cccnc2)CCN(C(=O)[C@@H]2CCCO2)C1. The van der Waals surface area contributed by atoms with E-state index in [-0.39, 0.29) is 17.9 Å². The van der Waals surface area contributed by atoms with E-state index >= 15 is 0 Å². The van der Waals surface area contributed by atoms with Crippen molar-refractivity contribution in [2.24, 2.45) is 5.41 Å². The number of carbonyl (C=O) groups excluding carboxylic acids is 2. The van der Waals surface area contributed by atoms with Crippen LogP contribution in [0.2, 0.25) is 0 Å². The molecule has 0 radical (unpaired) electrons. The molecule has 29 heavy (non-hydrogen) atoms. The van der Waals surface area contributed by atoms with Crippen LogP contribution in [0, 0.1) is 5.41 Å². The molecule has 0 spiro atoms. The van der Waals surface area contributed by atoms with Crippen LogP contribution < -0.4 is 5.32 Å². The highest BCUT2D eigenvalue weighted by Gasteiger charge is 2.47. The van der Waals surface area contributed by atoms with Gasteiger partial charge < -0.3 is 15.0 Å². The van der Waals surface area contributed by atoms with Gasteiger partial charge in [0.05, 0.1) is 5.41 Å². The van der Waals surface area contributed by atoms with Gasteiger partial charge in [-0.3, -0.25) is 14.6 Å². The normalized spacial score (nSPS) is 23.9. The van der Waals surface area contributed by atoms with Crippen molar-refractivity contribution in [3.05, 3.63) is 54.4 Å². The van der Waals surface area contributed by atoms with Crippen LogP contribution in [0.15, 0.2) is 48.8 Å². The van der Waals surface area contributed by atoms with E-state index in [2.05, 4.69) is 22.4 Å². The van der Waals surface area contributed by atoms with E-state index in [9.17, 15) is 9.59 Å². The molecule has 2 fully saturated rings. The Morgan fingerprint density at radius 1 is 1.28 bits per heavy atom. The molecule has 1 aromatic heterocycles. The number of amides is 2. The summed E-state index contributed by atoms with van der Waals surface area (Å²) >= 11 is 0. The minimum Gasteiger partial charge on any atom is -0.368 e. The van der Waals surface area contributed by atoms with E-state index in [0.29, 0.717) is 32.5 Å². The van der Waals surface area contributed by atoms with Gasteiger partial charge >= 0.3 is 0 Å². The van der Waals surface area contributed by atoms with Crippen molar-refractivity contribution < 1.29 is 14.3 Å². The quantitative estimate of drug-likeness (QED) is 0.847. The van der Waals surface area contributed by atoms with Gasteiger partial charge in [-0.2, -0.15) is 0 Å². The molecule has 6 nitrogen and oxygen atoms in total. The maximum Gasteiger partial charge on any atom is 0.251 e. The fourth-order valence-corrected chi connectivity index (χ4v) is 4.55. The number of ether oxygens (including phenoxy) is 1. The van der Waals surface area contributed by atoms with Crippen LogP contribution >= 0.6 is 0 Å². The third-order valence-electron chi connectivity index (χ3n) is 6.10. The Kier molecular flexibility index (Phi) is 5.62. The van der Waals surface area contributed by atoms with Gasteiger partial charge in [0.2, 0.25) is 5.91 Å². The molecule has 2 aliphatic rings. The molecule has 0 bridgehead atoms. The average Bonchev–Trinajstić information content (AvgIpc) is 3.45. The molecule has 6 heteroatoms. The van der Waals surface area contributed by atoms with Crippen molar-refractivity contribution in [3.8, 4) is 11.1 Å². The van der Waals surface area contributed by atoms with Crippen LogP contribution in [0.5, 0.6) is 0 Å². The maximum atomic E-state index is 13.0. The van der Waals surface area contributed by atoms with Gasteiger partial charge in [0.25, 0.3) is 5.91 Å². The second-order valence-electron chi connectivity index (χ2n) is 7.95. The number of nitrogens with one attached hydrogen (secondary N) is 1. The summed E-state index contributed by atoms with van der Waals surface area (Å²) in [6.45, 7) is 1.65. The number of nitrogens with zero attached hydrogens (tertiary/aromatic N) is 2. The summed E-state index contributed by atoms with van der Waals surface area (Å²) in [4.78, 5) is 31.9. The summed E-state index contributed by atoms with van der Waals surface area (Å²) < 4.78 is 5.58. The molecule has 2 amide bonds. The molecule has 2 aliphatic heterocycles. The Labute approximate surface area is 171 Å². The summed E-state index contributed by atoms with van der Waals surface area (Å²) in [5, 5.41) is 2.84. The molecular weight excluding hydrogens is 366 g/mol. The van der Waals surface area contributed by atoms with Gasteiger partial charge in [0.15, 0.2) is 0 Å². The Bertz CT molecular complexity index is 880. The lowest BCUT2D eigenvalue weighted by Crippen LogP contribution is -2.45. The molecule has 3 heterocycles. The number of pyridine rings is 1. The molecule has 1 N–H and O–H groups in total. The number of likely N-dealkylation sites (tertiary alicyclic amines) is 1. The van der Waals surface area contributed by atoms with E-state index < -0.39 is 5.41 Å². The van der Waals surface area contributed by atoms with E-state index in [1.165, 1.54) is 0 Å². The third-order valence-corrected chi connectivity index (χ3v) is 6.10. The van der Waals surface area contributed by atoms with E-state index in [1.54, 1.807) is 13.2 Å². The van der Waals surface area contributed by atoms with Crippen LogP contribution in [-0.4, -0.2) is 54.5 Å². The number of hydrogen-bond acceptors (Lipinski definition) is 4. The summed E-state index contributed by atoms with van der Waals surface area (Å²) in [5.74, 6) is 0.00922. The first-order valence-electron chi connectivity index (χ1n) is 10.2. The van der Waals surface area contributed by atoms with Crippen molar-refractivity contribution in [1.82, 2.24) is 15.2 Å². The van der Waals surface area contributed by atoms with Crippen LogP contribution in [0.1, 0.15) is 24.8 Å². The van der Waals surface area contributed by atoms with E-state index in [4.69, 9.17) is 4.74 Å². The van der Waals surface area contributed by atoms with Gasteiger partial charge in [-0.25, -0.2) is 0 Å². The summed E-state index contributed by atoms with van der Waals surface area (Å²) in [6.07, 6.45) is 6.16. The smallest absolute Gasteiger partial charge is 0.251 e. The second-order valence-corrected chi connectivity index (χ2v) is 7.95. The molecule has 1 aromatic carbocycles. The fraction of sp³-hybridized carbons (Fsp3) is 0.435. The standard InChI is InChI=1S/C23H27N3O3/c1-24-22(28)23(10-12-26(16-23)21(27)20-9-5-13-29-20)14-17-6-2-3-8-19(17)18-7-4-11-25-15-18/h2-4,6-8,11,15,20H,5,9-10,12-14,16H2,1H3,(H,24,28)/t20-,23+/m0/s1. The Hall–Kier alpha value is -2.73. The highest BCUT2D eigenvalue weighted by molar-refractivity contribution is 5.87. The van der Waals surface area contributed by atoms with Gasteiger partial charge in [-0.1, -0.05) is 30.3 Å². The van der Waals surface area contributed by atoms with Gasteiger partial charge in [0.1, 0.15) is 6.10 Å². The number of carbonyl (C=O) groups is 2. The number of aromatic nitrogens is 1. The van der Waals surface area contributed by atoms with Crippen molar-refractivity contribution in [1.29, 1.82) is 0 Å². The zero-order valence-corrected chi connectivity index (χ0v) is 16.8. The van der Waals surface area contributed by atoms with Crippen LogP contribution in [0.4, 0.5) is 0 Å². The maximum absolute atomic E-state index is 13.0. The molecular formula is C23H27N3O3. The molecule has 2 atom stereocenters. The molecule has 4 rings (SSSR count). The first-order valence-corrected chi connectivity index (χ1v) is 10.2. The first-order chi connectivity index (χ1) is 14.1. The highest BCUT2D eigenvalue weighted by Crippen LogP contribution is 2.38. The zero-order chi connectivity index (χ0) is 20.3. The zero-order valence-electron chi connectivity index (χ0n) is 16.8. The predicted octanol–water partition coefficient (Wildman–Crippen LogP) is 2.43. The van der Waals surface area contributed by atoms with E-state index in [0.717, 1.165) is 29.5 Å². The van der Waals surface area contributed by atoms with Crippen molar-refractivity contribution in [3.63, 3.8) is 0 Å². The molecule has 0 aliphatic carbocycles. The predicted molar refractivity (Wildman–Crippen MR) is 110 cm³/mol. The molecule has 2 saturated heterocycles. The first kappa shape index (κ1) is 19.6. The third kappa shape index (κ3) is 3.90. The monoisotopic (exact) mass is 393 g/mol. The minimum absolute atomic E-state index is 0.0128. The molecule has 0 saturated carbocycles. The second kappa shape index (κ2) is 8.33. The van der Waals surface area contributed by atoms with E-state index in [1.807, 2.05) is 35.4 Å². The van der Waals surface area contributed by atoms with Crippen molar-refractivity contribution >= 4 is 11.8 Å².